The molecule has 4 heteroatoms. The van der Waals surface area contributed by atoms with E-state index in [0.29, 0.717) is 12.8 Å². The highest BCUT2D eigenvalue weighted by atomic mass is 19.1. The van der Waals surface area contributed by atoms with Crippen LogP contribution in [0.3, 0.4) is 0 Å². The summed E-state index contributed by atoms with van der Waals surface area (Å²) in [5, 5.41) is 17.8. The van der Waals surface area contributed by atoms with Gasteiger partial charge in [0.05, 0.1) is 13.2 Å². The van der Waals surface area contributed by atoms with E-state index in [1.54, 1.807) is 13.8 Å². The van der Waals surface area contributed by atoms with Crippen LogP contribution in [-0.2, 0) is 0 Å². The van der Waals surface area contributed by atoms with Crippen molar-refractivity contribution in [2.75, 3.05) is 13.2 Å². The van der Waals surface area contributed by atoms with Gasteiger partial charge in [-0.25, -0.2) is 8.78 Å². The monoisotopic (exact) mass is 266 g/mol. The van der Waals surface area contributed by atoms with Crippen molar-refractivity contribution in [2.45, 2.75) is 65.7 Å². The fourth-order valence-corrected chi connectivity index (χ4v) is 1.89. The molecule has 0 spiro atoms. The van der Waals surface area contributed by atoms with Crippen molar-refractivity contribution in [3.63, 3.8) is 0 Å². The highest BCUT2D eigenvalue weighted by molar-refractivity contribution is 4.91. The Morgan fingerprint density at radius 3 is 1.89 bits per heavy atom. The first-order valence-corrected chi connectivity index (χ1v) is 6.52. The van der Waals surface area contributed by atoms with E-state index in [0.717, 1.165) is 0 Å². The summed E-state index contributed by atoms with van der Waals surface area (Å²) in [6.07, 6.45) is 0.255. The maximum absolute atomic E-state index is 14.1. The molecule has 0 saturated heterocycles. The Morgan fingerprint density at radius 1 is 1.00 bits per heavy atom. The van der Waals surface area contributed by atoms with Crippen LogP contribution in [0.15, 0.2) is 0 Å². The highest BCUT2D eigenvalue weighted by Crippen LogP contribution is 2.42. The smallest absolute Gasteiger partial charge is 0.136 e. The number of halogens is 2. The predicted molar refractivity (Wildman–Crippen MR) is 70.0 cm³/mol. The molecule has 0 aliphatic carbocycles. The van der Waals surface area contributed by atoms with Crippen molar-refractivity contribution in [2.24, 2.45) is 10.8 Å². The maximum atomic E-state index is 14.1. The molecule has 18 heavy (non-hydrogen) atoms. The lowest BCUT2D eigenvalue weighted by atomic mass is 9.70. The Bertz CT molecular complexity index is 250. The SMILES string of the molecule is CC(C)(CCC(C)(C)C(C)(F)CO)CC(F)CO. The average Bonchev–Trinajstić information content (AvgIpc) is 2.25. The lowest BCUT2D eigenvalue weighted by Gasteiger charge is -2.39. The van der Waals surface area contributed by atoms with Gasteiger partial charge in [0.1, 0.15) is 11.8 Å². The highest BCUT2D eigenvalue weighted by Gasteiger charge is 2.41. The van der Waals surface area contributed by atoms with Gasteiger partial charge in [-0.3, -0.25) is 0 Å². The summed E-state index contributed by atoms with van der Waals surface area (Å²) in [5.41, 5.74) is -2.59. The van der Waals surface area contributed by atoms with Crippen LogP contribution in [-0.4, -0.2) is 35.3 Å². The second-order valence-electron chi connectivity index (χ2n) is 6.89. The van der Waals surface area contributed by atoms with E-state index in [2.05, 4.69) is 0 Å². The third-order valence-electron chi connectivity index (χ3n) is 4.11. The molecule has 0 saturated carbocycles. The second kappa shape index (κ2) is 6.29. The molecular formula is C14H28F2O2. The number of hydrogen-bond acceptors (Lipinski definition) is 2. The standard InChI is InChI=1S/C14H28F2O2/c1-12(2,8-11(15)9-17)6-7-13(3,4)14(5,16)10-18/h11,17-18H,6-10H2,1-5H3. The molecule has 0 radical (unpaired) electrons. The summed E-state index contributed by atoms with van der Waals surface area (Å²) >= 11 is 0. The van der Waals surface area contributed by atoms with Gasteiger partial charge in [-0.1, -0.05) is 27.7 Å². The summed E-state index contributed by atoms with van der Waals surface area (Å²) in [4.78, 5) is 0. The van der Waals surface area contributed by atoms with Gasteiger partial charge in [-0.15, -0.1) is 0 Å². The summed E-state index contributed by atoms with van der Waals surface area (Å²) in [6.45, 7) is 7.80. The Morgan fingerprint density at radius 2 is 1.50 bits per heavy atom. The quantitative estimate of drug-likeness (QED) is 0.708. The van der Waals surface area contributed by atoms with E-state index in [1.807, 2.05) is 13.8 Å². The number of rotatable bonds is 8. The largest absolute Gasteiger partial charge is 0.393 e. The normalized spacial score (nSPS) is 18.5. The summed E-state index contributed by atoms with van der Waals surface area (Å²) in [7, 11) is 0. The second-order valence-corrected chi connectivity index (χ2v) is 6.89. The van der Waals surface area contributed by atoms with Gasteiger partial charge in [0, 0.05) is 5.41 Å². The van der Waals surface area contributed by atoms with Crippen molar-refractivity contribution in [3.05, 3.63) is 0 Å². The number of aliphatic hydroxyl groups excluding tert-OH is 2. The first-order valence-electron chi connectivity index (χ1n) is 6.52. The Hall–Kier alpha value is -0.220. The van der Waals surface area contributed by atoms with E-state index in [4.69, 9.17) is 10.2 Å². The van der Waals surface area contributed by atoms with Gasteiger partial charge in [0.25, 0.3) is 0 Å². The minimum Gasteiger partial charge on any atom is -0.393 e. The number of hydrogen-bond donors (Lipinski definition) is 2. The van der Waals surface area contributed by atoms with Crippen LogP contribution in [0, 0.1) is 10.8 Å². The molecule has 0 bridgehead atoms. The van der Waals surface area contributed by atoms with Crippen molar-refractivity contribution < 1.29 is 19.0 Å². The molecule has 0 aromatic heterocycles. The van der Waals surface area contributed by atoms with Gasteiger partial charge < -0.3 is 10.2 Å². The van der Waals surface area contributed by atoms with Crippen LogP contribution in [0.4, 0.5) is 8.78 Å². The maximum Gasteiger partial charge on any atom is 0.136 e. The average molecular weight is 266 g/mol. The van der Waals surface area contributed by atoms with Crippen molar-refractivity contribution in [3.8, 4) is 0 Å². The Balaban J connectivity index is 4.47. The van der Waals surface area contributed by atoms with Gasteiger partial charge >= 0.3 is 0 Å². The fourth-order valence-electron chi connectivity index (χ4n) is 1.89. The Labute approximate surface area is 109 Å². The molecule has 0 aliphatic heterocycles. The molecule has 2 atom stereocenters. The summed E-state index contributed by atoms with van der Waals surface area (Å²) in [6, 6.07) is 0. The molecule has 0 amide bonds. The van der Waals surface area contributed by atoms with Crippen LogP contribution >= 0.6 is 0 Å². The topological polar surface area (TPSA) is 40.5 Å². The lowest BCUT2D eigenvalue weighted by molar-refractivity contribution is -0.0291. The Kier molecular flexibility index (Phi) is 6.21. The van der Waals surface area contributed by atoms with E-state index in [1.165, 1.54) is 6.92 Å². The van der Waals surface area contributed by atoms with Gasteiger partial charge in [0.15, 0.2) is 0 Å². The van der Waals surface area contributed by atoms with Crippen LogP contribution in [0.25, 0.3) is 0 Å². The summed E-state index contributed by atoms with van der Waals surface area (Å²) in [5.74, 6) is 0. The van der Waals surface area contributed by atoms with Crippen molar-refractivity contribution >= 4 is 0 Å². The zero-order valence-electron chi connectivity index (χ0n) is 12.3. The predicted octanol–water partition coefficient (Wildman–Crippen LogP) is 3.26. The molecule has 2 unspecified atom stereocenters. The van der Waals surface area contributed by atoms with Crippen LogP contribution < -0.4 is 0 Å². The third kappa shape index (κ3) is 5.19. The summed E-state index contributed by atoms with van der Waals surface area (Å²) < 4.78 is 27.3. The number of aliphatic hydroxyl groups is 2. The minimum atomic E-state index is -1.64. The first kappa shape index (κ1) is 17.8. The molecule has 110 valence electrons. The van der Waals surface area contributed by atoms with E-state index < -0.39 is 30.5 Å². The van der Waals surface area contributed by atoms with Crippen LogP contribution in [0.5, 0.6) is 0 Å². The van der Waals surface area contributed by atoms with Gasteiger partial charge in [-0.05, 0) is 31.6 Å². The van der Waals surface area contributed by atoms with Crippen molar-refractivity contribution in [1.82, 2.24) is 0 Å². The molecule has 0 aromatic rings. The molecule has 0 heterocycles. The fraction of sp³-hybridized carbons (Fsp3) is 1.00. The van der Waals surface area contributed by atoms with E-state index in [-0.39, 0.29) is 11.8 Å². The van der Waals surface area contributed by atoms with Gasteiger partial charge in [0.2, 0.25) is 0 Å². The first-order chi connectivity index (χ1) is 7.97. The minimum absolute atomic E-state index is 0.266. The number of alkyl halides is 2. The van der Waals surface area contributed by atoms with E-state index >= 15 is 0 Å². The molecule has 2 N–H and O–H groups in total. The molecular weight excluding hydrogens is 238 g/mol. The van der Waals surface area contributed by atoms with E-state index in [9.17, 15) is 8.78 Å². The molecule has 0 rings (SSSR count). The molecule has 0 aromatic carbocycles. The van der Waals surface area contributed by atoms with Crippen LogP contribution in [0.1, 0.15) is 53.9 Å². The molecule has 2 nitrogen and oxygen atoms in total. The van der Waals surface area contributed by atoms with Crippen LogP contribution in [0.2, 0.25) is 0 Å². The molecule has 0 fully saturated rings. The molecule has 0 aliphatic rings. The van der Waals surface area contributed by atoms with Crippen molar-refractivity contribution in [1.29, 1.82) is 0 Å². The zero-order valence-corrected chi connectivity index (χ0v) is 12.3. The van der Waals surface area contributed by atoms with Gasteiger partial charge in [-0.2, -0.15) is 0 Å². The zero-order chi connectivity index (χ0) is 14.6. The lowest BCUT2D eigenvalue weighted by Crippen LogP contribution is -2.41. The third-order valence-corrected chi connectivity index (χ3v) is 4.11.